The van der Waals surface area contributed by atoms with E-state index >= 15 is 0 Å². The molecule has 2 N–H and O–H groups in total. The van der Waals surface area contributed by atoms with Crippen molar-refractivity contribution in [2.24, 2.45) is 0 Å². The van der Waals surface area contributed by atoms with Gasteiger partial charge in [0.1, 0.15) is 5.75 Å². The van der Waals surface area contributed by atoms with Crippen LogP contribution in [0.3, 0.4) is 0 Å². The third-order valence-electron chi connectivity index (χ3n) is 6.10. The number of hydrogen-bond donors (Lipinski definition) is 2. The summed E-state index contributed by atoms with van der Waals surface area (Å²) in [5, 5.41) is 6.52. The van der Waals surface area contributed by atoms with Gasteiger partial charge >= 0.3 is 0 Å². The fourth-order valence-electron chi connectivity index (χ4n) is 4.03. The standard InChI is InChI=1S/C25H34N2O3/c1-18-5-8-21(9-6-18)16-26-24(28)20(3)27-17-25(11-13-30-14-12-25)22-15-19(2)7-10-23(22)29-4/h5-10,15,20,27H,11-14,16-17H2,1-4H3,(H,26,28). The maximum Gasteiger partial charge on any atom is 0.237 e. The van der Waals surface area contributed by atoms with Crippen LogP contribution in [-0.2, 0) is 21.5 Å². The highest BCUT2D eigenvalue weighted by atomic mass is 16.5. The van der Waals surface area contributed by atoms with E-state index in [0.717, 1.165) is 24.2 Å². The van der Waals surface area contributed by atoms with E-state index in [0.29, 0.717) is 26.3 Å². The van der Waals surface area contributed by atoms with Gasteiger partial charge in [-0.15, -0.1) is 0 Å². The number of amides is 1. The number of aryl methyl sites for hydroxylation is 2. The van der Waals surface area contributed by atoms with Crippen molar-refractivity contribution in [2.75, 3.05) is 26.9 Å². The molecular formula is C25H34N2O3. The van der Waals surface area contributed by atoms with Gasteiger partial charge < -0.3 is 20.1 Å². The van der Waals surface area contributed by atoms with E-state index in [1.165, 1.54) is 16.7 Å². The van der Waals surface area contributed by atoms with Gasteiger partial charge in [0.25, 0.3) is 0 Å². The highest BCUT2D eigenvalue weighted by molar-refractivity contribution is 5.81. The molecule has 1 saturated heterocycles. The zero-order valence-electron chi connectivity index (χ0n) is 18.6. The monoisotopic (exact) mass is 410 g/mol. The summed E-state index contributed by atoms with van der Waals surface area (Å²) >= 11 is 0. The molecule has 0 aromatic heterocycles. The van der Waals surface area contributed by atoms with Crippen LogP contribution in [0.15, 0.2) is 42.5 Å². The van der Waals surface area contributed by atoms with Crippen molar-refractivity contribution in [3.63, 3.8) is 0 Å². The van der Waals surface area contributed by atoms with Gasteiger partial charge in [0, 0.05) is 37.3 Å². The van der Waals surface area contributed by atoms with Crippen molar-refractivity contribution in [3.8, 4) is 5.75 Å². The van der Waals surface area contributed by atoms with Crippen LogP contribution in [0.5, 0.6) is 5.75 Å². The predicted octanol–water partition coefficient (Wildman–Crippen LogP) is 3.65. The van der Waals surface area contributed by atoms with E-state index in [4.69, 9.17) is 9.47 Å². The summed E-state index contributed by atoms with van der Waals surface area (Å²) in [6.45, 7) is 8.75. The molecule has 30 heavy (non-hydrogen) atoms. The summed E-state index contributed by atoms with van der Waals surface area (Å²) in [6, 6.07) is 14.3. The first-order chi connectivity index (χ1) is 14.4. The fourth-order valence-corrected chi connectivity index (χ4v) is 4.03. The third kappa shape index (κ3) is 5.41. The molecule has 3 rings (SSSR count). The van der Waals surface area contributed by atoms with Gasteiger partial charge in [0.2, 0.25) is 5.91 Å². The quantitative estimate of drug-likeness (QED) is 0.697. The number of rotatable bonds is 8. The highest BCUT2D eigenvalue weighted by Gasteiger charge is 2.37. The number of nitrogens with one attached hydrogen (secondary N) is 2. The van der Waals surface area contributed by atoms with Gasteiger partial charge in [-0.2, -0.15) is 0 Å². The molecule has 2 aromatic rings. The van der Waals surface area contributed by atoms with Gasteiger partial charge in [0.05, 0.1) is 13.2 Å². The molecule has 0 aliphatic carbocycles. The topological polar surface area (TPSA) is 59.6 Å². The second-order valence-electron chi connectivity index (χ2n) is 8.40. The van der Waals surface area contributed by atoms with Crippen molar-refractivity contribution < 1.29 is 14.3 Å². The number of carbonyl (C=O) groups excluding carboxylic acids is 1. The zero-order valence-corrected chi connectivity index (χ0v) is 18.6. The van der Waals surface area contributed by atoms with Gasteiger partial charge in [-0.3, -0.25) is 4.79 Å². The first-order valence-electron chi connectivity index (χ1n) is 10.7. The summed E-state index contributed by atoms with van der Waals surface area (Å²) in [4.78, 5) is 12.7. The van der Waals surface area contributed by atoms with Crippen LogP contribution in [0.2, 0.25) is 0 Å². The molecule has 1 aliphatic rings. The van der Waals surface area contributed by atoms with Gasteiger partial charge in [-0.1, -0.05) is 47.5 Å². The van der Waals surface area contributed by atoms with E-state index < -0.39 is 0 Å². The average Bonchev–Trinajstić information content (AvgIpc) is 2.77. The number of carbonyl (C=O) groups is 1. The van der Waals surface area contributed by atoms with E-state index in [2.05, 4.69) is 60.9 Å². The van der Waals surface area contributed by atoms with Gasteiger partial charge in [-0.25, -0.2) is 0 Å². The Morgan fingerprint density at radius 1 is 1.10 bits per heavy atom. The summed E-state index contributed by atoms with van der Waals surface area (Å²) in [5.74, 6) is 0.912. The minimum absolute atomic E-state index is 0.00833. The Morgan fingerprint density at radius 3 is 2.43 bits per heavy atom. The molecule has 5 heteroatoms. The second kappa shape index (κ2) is 10.1. The molecule has 0 radical (unpaired) electrons. The molecule has 1 atom stereocenters. The molecule has 1 unspecified atom stereocenters. The van der Waals surface area contributed by atoms with Crippen molar-refractivity contribution in [1.82, 2.24) is 10.6 Å². The summed E-state index contributed by atoms with van der Waals surface area (Å²) in [5.41, 5.74) is 4.62. The minimum atomic E-state index is -0.286. The molecule has 0 saturated carbocycles. The number of ether oxygens (including phenoxy) is 2. The minimum Gasteiger partial charge on any atom is -0.496 e. The van der Waals surface area contributed by atoms with Gasteiger partial charge in [0.15, 0.2) is 0 Å². The van der Waals surface area contributed by atoms with Crippen LogP contribution in [0, 0.1) is 13.8 Å². The number of hydrogen-bond acceptors (Lipinski definition) is 4. The van der Waals surface area contributed by atoms with E-state index in [9.17, 15) is 4.79 Å². The molecule has 0 bridgehead atoms. The normalized spacial score (nSPS) is 16.7. The Morgan fingerprint density at radius 2 is 1.77 bits per heavy atom. The maximum absolute atomic E-state index is 12.7. The van der Waals surface area contributed by atoms with Crippen molar-refractivity contribution in [2.45, 2.75) is 51.6 Å². The SMILES string of the molecule is COc1ccc(C)cc1C1(CNC(C)C(=O)NCc2ccc(C)cc2)CCOCC1. The van der Waals surface area contributed by atoms with Crippen LogP contribution in [-0.4, -0.2) is 38.8 Å². The first-order valence-corrected chi connectivity index (χ1v) is 10.7. The Bertz CT molecular complexity index is 842. The fraction of sp³-hybridized carbons (Fsp3) is 0.480. The summed E-state index contributed by atoms with van der Waals surface area (Å²) in [6.07, 6.45) is 1.80. The Balaban J connectivity index is 1.66. The lowest BCUT2D eigenvalue weighted by molar-refractivity contribution is -0.123. The molecule has 2 aromatic carbocycles. The van der Waals surface area contributed by atoms with Crippen LogP contribution in [0.1, 0.15) is 42.0 Å². The average molecular weight is 411 g/mol. The lowest BCUT2D eigenvalue weighted by atomic mass is 9.73. The second-order valence-corrected chi connectivity index (χ2v) is 8.40. The summed E-state index contributed by atoms with van der Waals surface area (Å²) in [7, 11) is 1.72. The molecular weight excluding hydrogens is 376 g/mol. The Labute approximate surface area is 180 Å². The Hall–Kier alpha value is -2.37. The van der Waals surface area contributed by atoms with Crippen LogP contribution in [0.4, 0.5) is 0 Å². The summed E-state index contributed by atoms with van der Waals surface area (Å²) < 4.78 is 11.3. The highest BCUT2D eigenvalue weighted by Crippen LogP contribution is 2.40. The number of methoxy groups -OCH3 is 1. The molecule has 0 spiro atoms. The Kier molecular flexibility index (Phi) is 7.51. The van der Waals surface area contributed by atoms with E-state index in [1.54, 1.807) is 7.11 Å². The first kappa shape index (κ1) is 22.3. The lowest BCUT2D eigenvalue weighted by Gasteiger charge is -2.39. The number of benzene rings is 2. The van der Waals surface area contributed by atoms with Crippen LogP contribution >= 0.6 is 0 Å². The zero-order chi connectivity index (χ0) is 21.6. The van der Waals surface area contributed by atoms with Gasteiger partial charge in [-0.05, 0) is 45.2 Å². The molecule has 162 valence electrons. The maximum atomic E-state index is 12.7. The van der Waals surface area contributed by atoms with Crippen molar-refractivity contribution in [3.05, 3.63) is 64.7 Å². The van der Waals surface area contributed by atoms with E-state index in [1.807, 2.05) is 13.0 Å². The largest absolute Gasteiger partial charge is 0.496 e. The third-order valence-corrected chi connectivity index (χ3v) is 6.10. The predicted molar refractivity (Wildman–Crippen MR) is 120 cm³/mol. The van der Waals surface area contributed by atoms with Crippen molar-refractivity contribution >= 4 is 5.91 Å². The van der Waals surface area contributed by atoms with Crippen LogP contribution in [0.25, 0.3) is 0 Å². The molecule has 5 nitrogen and oxygen atoms in total. The van der Waals surface area contributed by atoms with Crippen LogP contribution < -0.4 is 15.4 Å². The van der Waals surface area contributed by atoms with Crippen molar-refractivity contribution in [1.29, 1.82) is 0 Å². The van der Waals surface area contributed by atoms with E-state index in [-0.39, 0.29) is 17.4 Å². The molecule has 1 amide bonds. The molecule has 1 heterocycles. The lowest BCUT2D eigenvalue weighted by Crippen LogP contribution is -2.49. The molecule has 1 aliphatic heterocycles. The molecule has 1 fully saturated rings. The smallest absolute Gasteiger partial charge is 0.237 e.